The average Bonchev–Trinajstić information content (AvgIpc) is 3.25. The number of hydrogen-bond acceptors (Lipinski definition) is 2. The Morgan fingerprint density at radius 1 is 0.483 bits per heavy atom. The molecule has 0 heterocycles. The minimum Gasteiger partial charge on any atom is -0.392 e. The van der Waals surface area contributed by atoms with Crippen LogP contribution in [0.3, 0.4) is 0 Å². The fraction of sp³-hybridized carbons (Fsp3) is 0.111. The van der Waals surface area contributed by atoms with Gasteiger partial charge in [-0.3, -0.25) is 0 Å². The maximum Gasteiger partial charge on any atom is 0.0725 e. The zero-order chi connectivity index (χ0) is 19.6. The molecule has 0 atom stereocenters. The number of hydrogen-bond donors (Lipinski definition) is 2. The summed E-state index contributed by atoms with van der Waals surface area (Å²) in [5, 5.41) is 19.7. The fourth-order valence-electron chi connectivity index (χ4n) is 5.43. The van der Waals surface area contributed by atoms with E-state index in [2.05, 4.69) is 72.8 Å². The Balaban J connectivity index is 1.83. The second-order valence-electron chi connectivity index (χ2n) is 7.92. The number of rotatable bonds is 2. The molecule has 4 aromatic carbocycles. The van der Waals surface area contributed by atoms with Crippen molar-refractivity contribution in [2.24, 2.45) is 0 Å². The molecule has 0 amide bonds. The van der Waals surface area contributed by atoms with Gasteiger partial charge in [0.15, 0.2) is 0 Å². The van der Waals surface area contributed by atoms with Crippen LogP contribution >= 0.6 is 0 Å². The van der Waals surface area contributed by atoms with Crippen molar-refractivity contribution < 1.29 is 10.2 Å². The Bertz CT molecular complexity index is 1180. The molecule has 1 spiro atoms. The molecular weight excluding hydrogens is 356 g/mol. The molecule has 0 saturated carbocycles. The van der Waals surface area contributed by atoms with Crippen molar-refractivity contribution in [2.45, 2.75) is 18.6 Å². The predicted molar refractivity (Wildman–Crippen MR) is 115 cm³/mol. The highest BCUT2D eigenvalue weighted by Crippen LogP contribution is 2.62. The standard InChI is InChI=1S/C27H20O2/c28-15-17-9-11-21-22-12-10-18(16-29)14-26(22)27(25(21)13-17)23-7-3-1-5-19(23)20-6-2-4-8-24(20)27/h1-14,28-29H,15-16H2. The van der Waals surface area contributed by atoms with Crippen molar-refractivity contribution >= 4 is 0 Å². The molecule has 0 unspecified atom stereocenters. The fourth-order valence-corrected chi connectivity index (χ4v) is 5.43. The first-order valence-corrected chi connectivity index (χ1v) is 9.97. The van der Waals surface area contributed by atoms with Crippen LogP contribution in [0, 0.1) is 0 Å². The largest absolute Gasteiger partial charge is 0.392 e. The molecule has 2 aliphatic carbocycles. The van der Waals surface area contributed by atoms with Gasteiger partial charge in [-0.2, -0.15) is 0 Å². The Kier molecular flexibility index (Phi) is 3.40. The summed E-state index contributed by atoms with van der Waals surface area (Å²) in [6.07, 6.45) is 0. The molecule has 0 radical (unpaired) electrons. The lowest BCUT2D eigenvalue weighted by atomic mass is 9.70. The molecule has 4 aromatic rings. The summed E-state index contributed by atoms with van der Waals surface area (Å²) in [6.45, 7) is 0.0375. The Labute approximate surface area is 169 Å². The van der Waals surface area contributed by atoms with Crippen LogP contribution in [0.4, 0.5) is 0 Å². The van der Waals surface area contributed by atoms with Crippen molar-refractivity contribution in [1.82, 2.24) is 0 Å². The number of aliphatic hydroxyl groups is 2. The van der Waals surface area contributed by atoms with Crippen molar-refractivity contribution in [2.75, 3.05) is 0 Å². The van der Waals surface area contributed by atoms with Gasteiger partial charge in [-0.25, -0.2) is 0 Å². The van der Waals surface area contributed by atoms with Gasteiger partial charge in [0.2, 0.25) is 0 Å². The molecule has 0 aromatic heterocycles. The molecule has 2 heteroatoms. The lowest BCUT2D eigenvalue weighted by molar-refractivity contribution is 0.281. The van der Waals surface area contributed by atoms with Crippen LogP contribution < -0.4 is 0 Å². The highest BCUT2D eigenvalue weighted by molar-refractivity contribution is 5.95. The molecule has 0 aliphatic heterocycles. The van der Waals surface area contributed by atoms with Gasteiger partial charge in [-0.15, -0.1) is 0 Å². The lowest BCUT2D eigenvalue weighted by Crippen LogP contribution is -2.26. The summed E-state index contributed by atoms with van der Waals surface area (Å²) >= 11 is 0. The number of fused-ring (bicyclic) bond motifs is 10. The summed E-state index contributed by atoms with van der Waals surface area (Å²) in [4.78, 5) is 0. The van der Waals surface area contributed by atoms with E-state index in [0.29, 0.717) is 0 Å². The smallest absolute Gasteiger partial charge is 0.0725 e. The third-order valence-corrected chi connectivity index (χ3v) is 6.58. The van der Waals surface area contributed by atoms with E-state index in [4.69, 9.17) is 0 Å². The topological polar surface area (TPSA) is 40.5 Å². The van der Waals surface area contributed by atoms with E-state index in [1.807, 2.05) is 12.1 Å². The van der Waals surface area contributed by atoms with Crippen molar-refractivity contribution in [1.29, 1.82) is 0 Å². The van der Waals surface area contributed by atoms with Gasteiger partial charge in [0.25, 0.3) is 0 Å². The van der Waals surface area contributed by atoms with Crippen LogP contribution in [0.2, 0.25) is 0 Å². The van der Waals surface area contributed by atoms with Gasteiger partial charge >= 0.3 is 0 Å². The monoisotopic (exact) mass is 376 g/mol. The first kappa shape index (κ1) is 16.7. The summed E-state index contributed by atoms with van der Waals surface area (Å²) in [5.74, 6) is 0. The van der Waals surface area contributed by atoms with Crippen LogP contribution in [0.5, 0.6) is 0 Å². The predicted octanol–water partition coefficient (Wildman–Crippen LogP) is 5.01. The van der Waals surface area contributed by atoms with E-state index in [-0.39, 0.29) is 13.2 Å². The van der Waals surface area contributed by atoms with Crippen LogP contribution in [0.25, 0.3) is 22.3 Å². The summed E-state index contributed by atoms with van der Waals surface area (Å²) in [5.41, 5.74) is 11.3. The molecule has 6 rings (SSSR count). The Morgan fingerprint density at radius 3 is 1.34 bits per heavy atom. The quantitative estimate of drug-likeness (QED) is 0.446. The minimum atomic E-state index is -0.422. The van der Waals surface area contributed by atoms with E-state index in [1.165, 1.54) is 44.5 Å². The van der Waals surface area contributed by atoms with Crippen molar-refractivity contribution in [3.63, 3.8) is 0 Å². The number of benzene rings is 4. The Morgan fingerprint density at radius 2 is 0.897 bits per heavy atom. The zero-order valence-corrected chi connectivity index (χ0v) is 15.9. The van der Waals surface area contributed by atoms with Gasteiger partial charge in [0, 0.05) is 0 Å². The lowest BCUT2D eigenvalue weighted by Gasteiger charge is -2.31. The molecular formula is C27H20O2. The maximum atomic E-state index is 9.86. The van der Waals surface area contributed by atoms with E-state index in [0.717, 1.165) is 11.1 Å². The summed E-state index contributed by atoms with van der Waals surface area (Å²) < 4.78 is 0. The van der Waals surface area contributed by atoms with Crippen molar-refractivity contribution in [3.05, 3.63) is 118 Å². The molecule has 29 heavy (non-hydrogen) atoms. The Hall–Kier alpha value is -3.20. The first-order chi connectivity index (χ1) is 14.3. The maximum absolute atomic E-state index is 9.86. The van der Waals surface area contributed by atoms with Crippen molar-refractivity contribution in [3.8, 4) is 22.3 Å². The normalized spacial score (nSPS) is 14.4. The highest BCUT2D eigenvalue weighted by Gasteiger charge is 2.51. The second-order valence-corrected chi connectivity index (χ2v) is 7.92. The highest BCUT2D eigenvalue weighted by atomic mass is 16.3. The average molecular weight is 376 g/mol. The summed E-state index contributed by atoms with van der Waals surface area (Å²) in [7, 11) is 0. The minimum absolute atomic E-state index is 0.0187. The molecule has 2 aliphatic rings. The van der Waals surface area contributed by atoms with E-state index < -0.39 is 5.41 Å². The molecule has 0 bridgehead atoms. The van der Waals surface area contributed by atoms with Gasteiger partial charge in [0.05, 0.1) is 18.6 Å². The summed E-state index contributed by atoms with van der Waals surface area (Å²) in [6, 6.07) is 29.9. The van der Waals surface area contributed by atoms with Gasteiger partial charge in [-0.1, -0.05) is 84.9 Å². The van der Waals surface area contributed by atoms with E-state index in [9.17, 15) is 10.2 Å². The van der Waals surface area contributed by atoms with E-state index >= 15 is 0 Å². The molecule has 2 N–H and O–H groups in total. The van der Waals surface area contributed by atoms with Gasteiger partial charge in [-0.05, 0) is 55.6 Å². The molecule has 0 saturated heterocycles. The molecule has 140 valence electrons. The molecule has 2 nitrogen and oxygen atoms in total. The van der Waals surface area contributed by atoms with Crippen LogP contribution in [-0.4, -0.2) is 10.2 Å². The third kappa shape index (κ3) is 1.97. The zero-order valence-electron chi connectivity index (χ0n) is 15.9. The van der Waals surface area contributed by atoms with Crippen LogP contribution in [0.1, 0.15) is 33.4 Å². The van der Waals surface area contributed by atoms with E-state index in [1.54, 1.807) is 0 Å². The van der Waals surface area contributed by atoms with Gasteiger partial charge in [0.1, 0.15) is 0 Å². The third-order valence-electron chi connectivity index (χ3n) is 6.58. The SMILES string of the molecule is OCc1ccc2c(c1)C1(c3ccccc3-c3ccccc31)c1cc(CO)ccc1-2. The van der Waals surface area contributed by atoms with Crippen LogP contribution in [0.15, 0.2) is 84.9 Å². The number of aliphatic hydroxyl groups excluding tert-OH is 2. The van der Waals surface area contributed by atoms with Crippen LogP contribution in [-0.2, 0) is 18.6 Å². The first-order valence-electron chi connectivity index (χ1n) is 9.97. The second kappa shape index (κ2) is 5.90. The van der Waals surface area contributed by atoms with Gasteiger partial charge < -0.3 is 10.2 Å². The molecule has 0 fully saturated rings.